The van der Waals surface area contributed by atoms with Gasteiger partial charge in [-0.05, 0) is 19.1 Å². The number of carbonyl (C=O) groups is 1. The zero-order valence-corrected chi connectivity index (χ0v) is 15.3. The van der Waals surface area contributed by atoms with Gasteiger partial charge in [0.2, 0.25) is 0 Å². The number of thioether (sulfide) groups is 1. The lowest BCUT2D eigenvalue weighted by Crippen LogP contribution is -2.32. The molecule has 1 aliphatic heterocycles. The van der Waals surface area contributed by atoms with E-state index < -0.39 is 24.5 Å². The number of carbonyl (C=O) groups excluding carboxylic acids is 1. The third kappa shape index (κ3) is 3.80. The molecule has 1 aliphatic rings. The first kappa shape index (κ1) is 19.0. The van der Waals surface area contributed by atoms with Gasteiger partial charge in [0.05, 0.1) is 36.7 Å². The molecule has 1 aromatic carbocycles. The fraction of sp³-hybridized carbons (Fsp3) is 0.529. The lowest BCUT2D eigenvalue weighted by molar-refractivity contribution is -0.142. The molecule has 0 radical (unpaired) electrons. The lowest BCUT2D eigenvalue weighted by Gasteiger charge is -2.17. The second-order valence-electron chi connectivity index (χ2n) is 6.04. The third-order valence-electron chi connectivity index (χ3n) is 4.28. The van der Waals surface area contributed by atoms with E-state index in [1.54, 1.807) is 30.0 Å². The van der Waals surface area contributed by atoms with Crippen LogP contribution < -0.4 is 5.73 Å². The van der Waals surface area contributed by atoms with E-state index in [4.69, 9.17) is 15.2 Å². The first-order valence-corrected chi connectivity index (χ1v) is 9.64. The van der Waals surface area contributed by atoms with E-state index in [1.807, 2.05) is 6.07 Å². The predicted molar refractivity (Wildman–Crippen MR) is 98.6 cm³/mol. The van der Waals surface area contributed by atoms with Crippen molar-refractivity contribution in [3.63, 3.8) is 0 Å². The number of fused-ring (bicyclic) bond motifs is 1. The molecule has 26 heavy (non-hydrogen) atoms. The van der Waals surface area contributed by atoms with E-state index in [-0.39, 0.29) is 5.97 Å². The summed E-state index contributed by atoms with van der Waals surface area (Å²) in [6.07, 6.45) is -1.53. The van der Waals surface area contributed by atoms with Crippen LogP contribution in [0.2, 0.25) is 0 Å². The number of nitrogens with two attached hydrogens (primary N) is 1. The molecule has 0 saturated carbocycles. The van der Waals surface area contributed by atoms with Gasteiger partial charge in [0.15, 0.2) is 6.23 Å². The van der Waals surface area contributed by atoms with E-state index >= 15 is 0 Å². The molecule has 2 heterocycles. The zero-order valence-electron chi connectivity index (χ0n) is 14.4. The number of aromatic nitrogens is 2. The minimum atomic E-state index is -1.08. The topological polar surface area (TPSA) is 120 Å². The molecule has 0 unspecified atom stereocenters. The van der Waals surface area contributed by atoms with Crippen LogP contribution in [0.4, 0.5) is 5.69 Å². The minimum absolute atomic E-state index is 0.242. The monoisotopic (exact) mass is 381 g/mol. The normalized spacial score (nSPS) is 25.7. The van der Waals surface area contributed by atoms with Gasteiger partial charge >= 0.3 is 5.97 Å². The van der Waals surface area contributed by atoms with E-state index in [9.17, 15) is 15.0 Å². The van der Waals surface area contributed by atoms with Crippen molar-refractivity contribution < 1.29 is 24.5 Å². The maximum absolute atomic E-state index is 11.3. The first-order chi connectivity index (χ1) is 12.5. The van der Waals surface area contributed by atoms with Crippen LogP contribution in [-0.4, -0.2) is 62.2 Å². The average molecular weight is 381 g/mol. The van der Waals surface area contributed by atoms with Gasteiger partial charge in [-0.15, -0.1) is 0 Å². The van der Waals surface area contributed by atoms with Gasteiger partial charge in [-0.3, -0.25) is 4.79 Å². The van der Waals surface area contributed by atoms with Gasteiger partial charge < -0.3 is 30.0 Å². The van der Waals surface area contributed by atoms with E-state index in [1.165, 1.54) is 11.8 Å². The second kappa shape index (κ2) is 8.26. The van der Waals surface area contributed by atoms with Gasteiger partial charge in [-0.1, -0.05) is 6.07 Å². The summed E-state index contributed by atoms with van der Waals surface area (Å²) in [4.78, 5) is 15.6. The minimum Gasteiger partial charge on any atom is -0.466 e. The van der Waals surface area contributed by atoms with Crippen LogP contribution in [0.5, 0.6) is 0 Å². The van der Waals surface area contributed by atoms with Gasteiger partial charge in [-0.25, -0.2) is 4.98 Å². The Hall–Kier alpha value is -1.81. The number of hydrogen-bond donors (Lipinski definition) is 3. The summed E-state index contributed by atoms with van der Waals surface area (Å²) < 4.78 is 12.4. The SMILES string of the molecule is CCOC(=O)CCSC[C@H]1O[C@@H](n2cnc3c(N)cccc32)[C@H](O)[C@@H]1O. The molecule has 3 rings (SSSR count). The Bertz CT molecular complexity index is 768. The Labute approximate surface area is 155 Å². The van der Waals surface area contributed by atoms with Crippen LogP contribution in [0.15, 0.2) is 24.5 Å². The highest BCUT2D eigenvalue weighted by atomic mass is 32.2. The maximum atomic E-state index is 11.3. The van der Waals surface area contributed by atoms with Crippen LogP contribution in [0.1, 0.15) is 19.6 Å². The zero-order chi connectivity index (χ0) is 18.7. The molecule has 4 N–H and O–H groups in total. The van der Waals surface area contributed by atoms with E-state index in [0.717, 1.165) is 5.52 Å². The summed E-state index contributed by atoms with van der Waals surface area (Å²) in [7, 11) is 0. The van der Waals surface area contributed by atoms with Crippen molar-refractivity contribution in [2.45, 2.75) is 37.9 Å². The summed E-state index contributed by atoms with van der Waals surface area (Å²) in [6.45, 7) is 2.13. The Kier molecular flexibility index (Phi) is 6.02. The largest absolute Gasteiger partial charge is 0.466 e. The number of nitrogen functional groups attached to an aromatic ring is 1. The van der Waals surface area contributed by atoms with Gasteiger partial charge in [0.1, 0.15) is 17.7 Å². The Balaban J connectivity index is 1.62. The summed E-state index contributed by atoms with van der Waals surface area (Å²) in [5.74, 6) is 0.785. The van der Waals surface area contributed by atoms with Crippen LogP contribution in [-0.2, 0) is 14.3 Å². The molecule has 9 heteroatoms. The predicted octanol–water partition coefficient (Wildman–Crippen LogP) is 0.924. The molecular weight excluding hydrogens is 358 g/mol. The molecular formula is C17H23N3O5S. The highest BCUT2D eigenvalue weighted by molar-refractivity contribution is 7.99. The van der Waals surface area contributed by atoms with Crippen LogP contribution in [0, 0.1) is 0 Å². The van der Waals surface area contributed by atoms with Crippen molar-refractivity contribution in [1.29, 1.82) is 0 Å². The van der Waals surface area contributed by atoms with Crippen molar-refractivity contribution in [3.05, 3.63) is 24.5 Å². The third-order valence-corrected chi connectivity index (χ3v) is 5.34. The second-order valence-corrected chi connectivity index (χ2v) is 7.19. The maximum Gasteiger partial charge on any atom is 0.306 e. The van der Waals surface area contributed by atoms with Crippen LogP contribution in [0.25, 0.3) is 11.0 Å². The molecule has 0 spiro atoms. The summed E-state index contributed by atoms with van der Waals surface area (Å²) in [5.41, 5.74) is 7.82. The Morgan fingerprint density at radius 1 is 1.42 bits per heavy atom. The average Bonchev–Trinajstić information content (AvgIpc) is 3.16. The number of ether oxygens (including phenoxy) is 2. The molecule has 4 atom stereocenters. The lowest BCUT2D eigenvalue weighted by atomic mass is 10.1. The number of anilines is 1. The number of hydrogen-bond acceptors (Lipinski definition) is 8. The highest BCUT2D eigenvalue weighted by Crippen LogP contribution is 2.34. The number of aliphatic hydroxyl groups is 2. The molecule has 0 aliphatic carbocycles. The molecule has 8 nitrogen and oxygen atoms in total. The summed E-state index contributed by atoms with van der Waals surface area (Å²) in [6, 6.07) is 5.39. The number of nitrogens with zero attached hydrogens (tertiary/aromatic N) is 2. The Morgan fingerprint density at radius 3 is 3.00 bits per heavy atom. The van der Waals surface area contributed by atoms with Crippen molar-refractivity contribution >= 4 is 34.5 Å². The number of aliphatic hydroxyl groups excluding tert-OH is 2. The van der Waals surface area contributed by atoms with Gasteiger partial charge in [-0.2, -0.15) is 11.8 Å². The standard InChI is InChI=1S/C17H23N3O5S/c1-2-24-13(21)6-7-26-8-12-15(22)16(23)17(25-12)20-9-19-14-10(18)4-3-5-11(14)20/h3-5,9,12,15-17,22-23H,2,6-8,18H2,1H3/t12-,15-,16-,17-/m1/s1. The molecule has 1 aromatic heterocycles. The van der Waals surface area contributed by atoms with Crippen molar-refractivity contribution in [3.8, 4) is 0 Å². The van der Waals surface area contributed by atoms with Crippen molar-refractivity contribution in [1.82, 2.24) is 9.55 Å². The molecule has 1 saturated heterocycles. The number of benzene rings is 1. The smallest absolute Gasteiger partial charge is 0.306 e. The van der Waals surface area contributed by atoms with Gasteiger partial charge in [0, 0.05) is 11.5 Å². The van der Waals surface area contributed by atoms with Crippen LogP contribution in [0.3, 0.4) is 0 Å². The van der Waals surface area contributed by atoms with Gasteiger partial charge in [0.25, 0.3) is 0 Å². The highest BCUT2D eigenvalue weighted by Gasteiger charge is 2.43. The fourth-order valence-electron chi connectivity index (χ4n) is 2.97. The van der Waals surface area contributed by atoms with Crippen molar-refractivity contribution in [2.75, 3.05) is 23.8 Å². The van der Waals surface area contributed by atoms with E-state index in [2.05, 4.69) is 4.98 Å². The first-order valence-electron chi connectivity index (χ1n) is 8.49. The quantitative estimate of drug-likeness (QED) is 0.368. The Morgan fingerprint density at radius 2 is 2.23 bits per heavy atom. The molecule has 0 bridgehead atoms. The molecule has 142 valence electrons. The summed E-state index contributed by atoms with van der Waals surface area (Å²) in [5, 5.41) is 20.7. The van der Waals surface area contributed by atoms with E-state index in [0.29, 0.717) is 35.7 Å². The molecule has 1 fully saturated rings. The fourth-order valence-corrected chi connectivity index (χ4v) is 3.95. The van der Waals surface area contributed by atoms with Crippen molar-refractivity contribution in [2.24, 2.45) is 0 Å². The number of imidazole rings is 1. The molecule has 0 amide bonds. The van der Waals surface area contributed by atoms with Crippen LogP contribution >= 0.6 is 11.8 Å². The number of para-hydroxylation sites is 1. The number of esters is 1. The number of rotatable bonds is 7. The summed E-state index contributed by atoms with van der Waals surface area (Å²) >= 11 is 1.47. The molecule has 2 aromatic rings.